The Hall–Kier alpha value is -1.40. The van der Waals surface area contributed by atoms with Gasteiger partial charge in [-0.1, -0.05) is 27.5 Å². The van der Waals surface area contributed by atoms with E-state index in [2.05, 4.69) is 15.9 Å². The number of sulfonamides is 1. The lowest BCUT2D eigenvalue weighted by Gasteiger charge is -2.11. The average molecular weight is 434 g/mol. The van der Waals surface area contributed by atoms with Gasteiger partial charge in [-0.05, 0) is 37.3 Å². The molecular weight excluding hydrogens is 424 g/mol. The molecule has 120 valence electrons. The Kier molecular flexibility index (Phi) is 5.47. The van der Waals surface area contributed by atoms with Gasteiger partial charge in [0.25, 0.3) is 10.0 Å². The number of nitrogens with one attached hydrogen (secondary N) is 1. The molecule has 0 saturated carbocycles. The molecular formula is C14H10BrClN2O3S2. The summed E-state index contributed by atoms with van der Waals surface area (Å²) in [6.07, 6.45) is 0. The van der Waals surface area contributed by atoms with Gasteiger partial charge in [0.05, 0.1) is 26.8 Å². The third-order valence-corrected chi connectivity index (χ3v) is 6.16. The molecule has 0 fully saturated rings. The lowest BCUT2D eigenvalue weighted by Crippen LogP contribution is -2.33. The van der Waals surface area contributed by atoms with Gasteiger partial charge in [-0.25, -0.2) is 13.1 Å². The van der Waals surface area contributed by atoms with Crippen LogP contribution in [-0.2, 0) is 14.8 Å². The minimum Gasteiger partial charge on any atom is -0.273 e. The lowest BCUT2D eigenvalue weighted by atomic mass is 10.1. The largest absolute Gasteiger partial charge is 0.273 e. The Morgan fingerprint density at radius 3 is 2.65 bits per heavy atom. The summed E-state index contributed by atoms with van der Waals surface area (Å²) in [7, 11) is -4.07. The van der Waals surface area contributed by atoms with Crippen LogP contribution in [0.5, 0.6) is 0 Å². The predicted molar refractivity (Wildman–Crippen MR) is 91.9 cm³/mol. The van der Waals surface area contributed by atoms with Crippen LogP contribution in [0.4, 0.5) is 0 Å². The quantitative estimate of drug-likeness (QED) is 0.797. The van der Waals surface area contributed by atoms with Gasteiger partial charge < -0.3 is 0 Å². The lowest BCUT2D eigenvalue weighted by molar-refractivity contribution is -0.120. The summed E-state index contributed by atoms with van der Waals surface area (Å²) in [6, 6.07) is 9.20. The molecule has 5 nitrogen and oxygen atoms in total. The second-order valence-electron chi connectivity index (χ2n) is 4.62. The van der Waals surface area contributed by atoms with Crippen molar-refractivity contribution < 1.29 is 13.2 Å². The van der Waals surface area contributed by atoms with Crippen molar-refractivity contribution in [2.75, 3.05) is 0 Å². The Balaban J connectivity index is 2.26. The highest BCUT2D eigenvalue weighted by molar-refractivity contribution is 9.10. The first-order valence-electron chi connectivity index (χ1n) is 6.25. The number of carbonyl (C=O) groups is 1. The average Bonchev–Trinajstić information content (AvgIpc) is 2.91. The third kappa shape index (κ3) is 4.32. The summed E-state index contributed by atoms with van der Waals surface area (Å²) in [5.74, 6) is -1.33. The van der Waals surface area contributed by atoms with Gasteiger partial charge in [-0.2, -0.15) is 5.26 Å². The van der Waals surface area contributed by atoms with Crippen LogP contribution >= 0.6 is 38.9 Å². The minimum atomic E-state index is -4.07. The van der Waals surface area contributed by atoms with E-state index in [0.717, 1.165) is 0 Å². The summed E-state index contributed by atoms with van der Waals surface area (Å²) in [5, 5.41) is 8.91. The summed E-state index contributed by atoms with van der Waals surface area (Å²) >= 11 is 10.2. The van der Waals surface area contributed by atoms with Gasteiger partial charge in [0.15, 0.2) is 0 Å². The number of rotatable bonds is 4. The maximum atomic E-state index is 12.3. The van der Waals surface area contributed by atoms with E-state index >= 15 is 0 Å². The SMILES string of the molecule is CC(C(=O)NS(=O)(=O)c1cc(Br)cc(C#N)c1)c1ccc(Cl)s1. The molecule has 0 aliphatic carbocycles. The molecule has 0 spiro atoms. The highest BCUT2D eigenvalue weighted by Gasteiger charge is 2.24. The zero-order valence-electron chi connectivity index (χ0n) is 11.7. The van der Waals surface area contributed by atoms with Gasteiger partial charge in [0.2, 0.25) is 5.91 Å². The second kappa shape index (κ2) is 7.01. The molecule has 1 heterocycles. The van der Waals surface area contributed by atoms with E-state index in [1.54, 1.807) is 19.1 Å². The van der Waals surface area contributed by atoms with E-state index in [9.17, 15) is 13.2 Å². The highest BCUT2D eigenvalue weighted by Crippen LogP contribution is 2.28. The third-order valence-electron chi connectivity index (χ3n) is 2.96. The van der Waals surface area contributed by atoms with Crippen LogP contribution in [-0.4, -0.2) is 14.3 Å². The van der Waals surface area contributed by atoms with Gasteiger partial charge in [-0.15, -0.1) is 11.3 Å². The van der Waals surface area contributed by atoms with E-state index in [-0.39, 0.29) is 10.5 Å². The monoisotopic (exact) mass is 432 g/mol. The van der Waals surface area contributed by atoms with Crippen molar-refractivity contribution >= 4 is 54.8 Å². The molecule has 0 aliphatic rings. The van der Waals surface area contributed by atoms with Crippen molar-refractivity contribution in [2.45, 2.75) is 17.7 Å². The number of amides is 1. The van der Waals surface area contributed by atoms with Crippen molar-refractivity contribution in [2.24, 2.45) is 0 Å². The number of thiophene rings is 1. The number of hydrogen-bond donors (Lipinski definition) is 1. The minimum absolute atomic E-state index is 0.159. The fourth-order valence-electron chi connectivity index (χ4n) is 1.75. The van der Waals surface area contributed by atoms with Crippen molar-refractivity contribution in [1.29, 1.82) is 5.26 Å². The molecule has 1 atom stereocenters. The van der Waals surface area contributed by atoms with Crippen LogP contribution in [0.25, 0.3) is 0 Å². The second-order valence-corrected chi connectivity index (χ2v) is 8.97. The molecule has 9 heteroatoms. The Morgan fingerprint density at radius 1 is 1.39 bits per heavy atom. The van der Waals surface area contributed by atoms with E-state index in [0.29, 0.717) is 13.7 Å². The van der Waals surface area contributed by atoms with Crippen LogP contribution in [0, 0.1) is 11.3 Å². The first-order valence-corrected chi connectivity index (χ1v) is 9.72. The maximum Gasteiger partial charge on any atom is 0.264 e. The van der Waals surface area contributed by atoms with Crippen LogP contribution < -0.4 is 4.72 Å². The zero-order valence-corrected chi connectivity index (χ0v) is 15.7. The molecule has 0 radical (unpaired) electrons. The van der Waals surface area contributed by atoms with E-state index in [4.69, 9.17) is 16.9 Å². The summed E-state index contributed by atoms with van der Waals surface area (Å²) in [5.41, 5.74) is 0.172. The smallest absolute Gasteiger partial charge is 0.264 e. The molecule has 1 aromatic heterocycles. The molecule has 1 unspecified atom stereocenters. The molecule has 2 rings (SSSR count). The Morgan fingerprint density at radius 2 is 2.09 bits per heavy atom. The van der Waals surface area contributed by atoms with Crippen LogP contribution in [0.3, 0.4) is 0 Å². The Bertz CT molecular complexity index is 903. The van der Waals surface area contributed by atoms with Crippen molar-refractivity contribution in [1.82, 2.24) is 4.72 Å². The number of carbonyl (C=O) groups excluding carboxylic acids is 1. The number of hydrogen-bond acceptors (Lipinski definition) is 5. The van der Waals surface area contributed by atoms with Crippen LogP contribution in [0.15, 0.2) is 39.7 Å². The number of halogens is 2. The van der Waals surface area contributed by atoms with Gasteiger partial charge >= 0.3 is 0 Å². The molecule has 1 N–H and O–H groups in total. The van der Waals surface area contributed by atoms with Gasteiger partial charge in [0.1, 0.15) is 0 Å². The number of nitrogens with zero attached hydrogens (tertiary/aromatic N) is 1. The topological polar surface area (TPSA) is 87.0 Å². The fraction of sp³-hybridized carbons (Fsp3) is 0.143. The van der Waals surface area contributed by atoms with Crippen LogP contribution in [0.1, 0.15) is 23.3 Å². The maximum absolute atomic E-state index is 12.3. The van der Waals surface area contributed by atoms with Crippen molar-refractivity contribution in [3.05, 3.63) is 49.6 Å². The molecule has 1 aromatic carbocycles. The van der Waals surface area contributed by atoms with E-state index in [1.807, 2.05) is 10.8 Å². The molecule has 0 aliphatic heterocycles. The fourth-order valence-corrected chi connectivity index (χ4v) is 4.63. The first kappa shape index (κ1) is 17.9. The van der Waals surface area contributed by atoms with E-state index < -0.39 is 21.8 Å². The summed E-state index contributed by atoms with van der Waals surface area (Å²) < 4.78 is 27.6. The van der Waals surface area contributed by atoms with Crippen molar-refractivity contribution in [3.63, 3.8) is 0 Å². The van der Waals surface area contributed by atoms with Crippen molar-refractivity contribution in [3.8, 4) is 6.07 Å². The number of benzene rings is 1. The van der Waals surface area contributed by atoms with Crippen LogP contribution in [0.2, 0.25) is 4.34 Å². The van der Waals surface area contributed by atoms with Gasteiger partial charge in [-0.3, -0.25) is 4.79 Å². The van der Waals surface area contributed by atoms with E-state index in [1.165, 1.54) is 29.5 Å². The summed E-state index contributed by atoms with van der Waals surface area (Å²) in [4.78, 5) is 12.7. The standard InChI is InChI=1S/C14H10BrClN2O3S2/c1-8(12-2-3-13(16)22-12)14(19)18-23(20,21)11-5-9(7-17)4-10(15)6-11/h2-6,8H,1H3,(H,18,19). The normalized spacial score (nSPS) is 12.4. The molecule has 0 bridgehead atoms. The molecule has 23 heavy (non-hydrogen) atoms. The first-order chi connectivity index (χ1) is 10.7. The molecule has 1 amide bonds. The highest BCUT2D eigenvalue weighted by atomic mass is 79.9. The molecule has 2 aromatic rings. The van der Waals surface area contributed by atoms with Gasteiger partial charge in [0, 0.05) is 9.35 Å². The Labute approximate surface area is 151 Å². The summed E-state index contributed by atoms with van der Waals surface area (Å²) in [6.45, 7) is 1.59. The zero-order chi connectivity index (χ0) is 17.2. The predicted octanol–water partition coefficient (Wildman–Crippen LogP) is 3.64. The number of nitriles is 1. The molecule has 0 saturated heterocycles.